The molecule has 21 heavy (non-hydrogen) atoms. The van der Waals surface area contributed by atoms with Crippen LogP contribution < -0.4 is 5.32 Å². The molecular formula is C16H17F3N2. The Morgan fingerprint density at radius 3 is 2.52 bits per heavy atom. The molecular weight excluding hydrogens is 277 g/mol. The van der Waals surface area contributed by atoms with E-state index in [1.54, 1.807) is 6.07 Å². The normalized spacial score (nSPS) is 15.8. The molecule has 0 amide bonds. The van der Waals surface area contributed by atoms with E-state index < -0.39 is 17.5 Å². The van der Waals surface area contributed by atoms with Gasteiger partial charge in [0.1, 0.15) is 0 Å². The number of aromatic nitrogens is 1. The first-order chi connectivity index (χ1) is 10.1. The number of hydrogen-bond donors (Lipinski definition) is 1. The summed E-state index contributed by atoms with van der Waals surface area (Å²) in [7, 11) is 0. The highest BCUT2D eigenvalue weighted by Crippen LogP contribution is 2.37. The van der Waals surface area contributed by atoms with Crippen molar-refractivity contribution < 1.29 is 13.2 Å². The van der Waals surface area contributed by atoms with Gasteiger partial charge in [-0.05, 0) is 25.8 Å². The Balaban J connectivity index is 2.23. The van der Waals surface area contributed by atoms with Gasteiger partial charge >= 0.3 is 0 Å². The van der Waals surface area contributed by atoms with Gasteiger partial charge in [-0.25, -0.2) is 13.2 Å². The van der Waals surface area contributed by atoms with Crippen molar-refractivity contribution in [2.75, 3.05) is 11.9 Å². The Hall–Kier alpha value is -1.78. The minimum absolute atomic E-state index is 0.0255. The molecule has 1 saturated carbocycles. The summed E-state index contributed by atoms with van der Waals surface area (Å²) < 4.78 is 41.0. The van der Waals surface area contributed by atoms with Gasteiger partial charge in [-0.2, -0.15) is 0 Å². The van der Waals surface area contributed by atoms with Crippen molar-refractivity contribution in [2.24, 2.45) is 0 Å². The Labute approximate surface area is 121 Å². The maximum absolute atomic E-state index is 14.1. The molecule has 0 bridgehead atoms. The van der Waals surface area contributed by atoms with Crippen LogP contribution in [0.3, 0.4) is 0 Å². The molecule has 0 unspecified atom stereocenters. The fourth-order valence-corrected chi connectivity index (χ4v) is 3.08. The van der Waals surface area contributed by atoms with Gasteiger partial charge in [-0.1, -0.05) is 12.8 Å². The predicted molar refractivity (Wildman–Crippen MR) is 77.0 cm³/mol. The van der Waals surface area contributed by atoms with E-state index in [9.17, 15) is 13.2 Å². The van der Waals surface area contributed by atoms with E-state index in [0.29, 0.717) is 18.2 Å². The molecule has 1 aromatic carbocycles. The summed E-state index contributed by atoms with van der Waals surface area (Å²) in [6.45, 7) is 2.45. The van der Waals surface area contributed by atoms with Gasteiger partial charge in [0.25, 0.3) is 0 Å². The number of hydrogen-bond acceptors (Lipinski definition) is 2. The van der Waals surface area contributed by atoms with Crippen molar-refractivity contribution in [3.8, 4) is 0 Å². The monoisotopic (exact) mass is 294 g/mol. The summed E-state index contributed by atoms with van der Waals surface area (Å²) in [5, 5.41) is 3.06. The molecule has 0 spiro atoms. The Morgan fingerprint density at radius 2 is 1.86 bits per heavy atom. The zero-order chi connectivity index (χ0) is 15.0. The molecule has 5 heteroatoms. The smallest absolute Gasteiger partial charge is 0.195 e. The van der Waals surface area contributed by atoms with Crippen LogP contribution in [0, 0.1) is 17.5 Å². The van der Waals surface area contributed by atoms with E-state index in [4.69, 9.17) is 0 Å². The van der Waals surface area contributed by atoms with Crippen molar-refractivity contribution >= 4 is 16.6 Å². The molecule has 1 aromatic heterocycles. The molecule has 1 N–H and O–H groups in total. The summed E-state index contributed by atoms with van der Waals surface area (Å²) in [5.74, 6) is -3.50. The van der Waals surface area contributed by atoms with Crippen LogP contribution >= 0.6 is 0 Å². The predicted octanol–water partition coefficient (Wildman–Crippen LogP) is 4.74. The molecule has 3 rings (SSSR count). The zero-order valence-electron chi connectivity index (χ0n) is 11.8. The third-order valence-electron chi connectivity index (χ3n) is 4.09. The zero-order valence-corrected chi connectivity index (χ0v) is 11.8. The van der Waals surface area contributed by atoms with Crippen LogP contribution in [-0.2, 0) is 0 Å². The van der Waals surface area contributed by atoms with E-state index in [0.717, 1.165) is 37.4 Å². The number of nitrogens with one attached hydrogen (secondary N) is 1. The molecule has 1 fully saturated rings. The van der Waals surface area contributed by atoms with Gasteiger partial charge in [-0.3, -0.25) is 4.98 Å². The number of halogens is 3. The van der Waals surface area contributed by atoms with Gasteiger partial charge in [0.2, 0.25) is 0 Å². The molecule has 2 aromatic rings. The molecule has 112 valence electrons. The minimum atomic E-state index is -1.45. The summed E-state index contributed by atoms with van der Waals surface area (Å²) in [4.78, 5) is 4.38. The molecule has 1 heterocycles. The van der Waals surface area contributed by atoms with Gasteiger partial charge in [-0.15, -0.1) is 0 Å². The first-order valence-electron chi connectivity index (χ1n) is 7.33. The molecule has 0 radical (unpaired) electrons. The Kier molecular flexibility index (Phi) is 3.74. The fourth-order valence-electron chi connectivity index (χ4n) is 3.08. The second kappa shape index (κ2) is 5.54. The third kappa shape index (κ3) is 2.45. The lowest BCUT2D eigenvalue weighted by Crippen LogP contribution is -2.05. The molecule has 1 aliphatic rings. The summed E-state index contributed by atoms with van der Waals surface area (Å²) >= 11 is 0. The van der Waals surface area contributed by atoms with E-state index >= 15 is 0 Å². The number of benzene rings is 1. The molecule has 0 saturated heterocycles. The summed E-state index contributed by atoms with van der Waals surface area (Å²) in [6, 6.07) is 2.76. The molecule has 0 atom stereocenters. The van der Waals surface area contributed by atoms with Crippen LogP contribution in [-0.4, -0.2) is 11.5 Å². The Bertz CT molecular complexity index is 679. The highest BCUT2D eigenvalue weighted by Gasteiger charge is 2.23. The largest absolute Gasteiger partial charge is 0.385 e. The number of nitrogens with zero attached hydrogens (tertiary/aromatic N) is 1. The van der Waals surface area contributed by atoms with Gasteiger partial charge in [0, 0.05) is 29.9 Å². The SMILES string of the molecule is CCNc1cc(C2CCCC2)nc2cc(F)c(F)c(F)c12. The third-order valence-corrected chi connectivity index (χ3v) is 4.09. The summed E-state index contributed by atoms with van der Waals surface area (Å²) in [5.41, 5.74) is 1.49. The first kappa shape index (κ1) is 14.2. The average Bonchev–Trinajstić information content (AvgIpc) is 2.99. The lowest BCUT2D eigenvalue weighted by Gasteiger charge is -2.15. The van der Waals surface area contributed by atoms with Crippen LogP contribution in [0.4, 0.5) is 18.9 Å². The number of anilines is 1. The van der Waals surface area contributed by atoms with Crippen LogP contribution in [0.1, 0.15) is 44.2 Å². The second-order valence-electron chi connectivity index (χ2n) is 5.49. The van der Waals surface area contributed by atoms with E-state index in [-0.39, 0.29) is 10.9 Å². The fraction of sp³-hybridized carbons (Fsp3) is 0.438. The van der Waals surface area contributed by atoms with Gasteiger partial charge < -0.3 is 5.32 Å². The van der Waals surface area contributed by atoms with E-state index in [2.05, 4.69) is 10.3 Å². The number of fused-ring (bicyclic) bond motifs is 1. The summed E-state index contributed by atoms with van der Waals surface area (Å²) in [6.07, 6.45) is 4.37. The number of rotatable bonds is 3. The molecule has 1 aliphatic carbocycles. The lowest BCUT2D eigenvalue weighted by atomic mass is 10.0. The van der Waals surface area contributed by atoms with Crippen molar-refractivity contribution in [3.63, 3.8) is 0 Å². The van der Waals surface area contributed by atoms with Gasteiger partial charge in [0.05, 0.1) is 10.9 Å². The average molecular weight is 294 g/mol. The van der Waals surface area contributed by atoms with Crippen molar-refractivity contribution in [3.05, 3.63) is 35.3 Å². The molecule has 0 aliphatic heterocycles. The van der Waals surface area contributed by atoms with Crippen molar-refractivity contribution in [1.29, 1.82) is 0 Å². The Morgan fingerprint density at radius 1 is 1.14 bits per heavy atom. The van der Waals surface area contributed by atoms with Gasteiger partial charge in [0.15, 0.2) is 17.5 Å². The van der Waals surface area contributed by atoms with Crippen LogP contribution in [0.5, 0.6) is 0 Å². The quantitative estimate of drug-likeness (QED) is 0.827. The van der Waals surface area contributed by atoms with Crippen molar-refractivity contribution in [1.82, 2.24) is 4.98 Å². The van der Waals surface area contributed by atoms with E-state index in [1.807, 2.05) is 6.92 Å². The highest BCUT2D eigenvalue weighted by atomic mass is 19.2. The van der Waals surface area contributed by atoms with Crippen molar-refractivity contribution in [2.45, 2.75) is 38.5 Å². The second-order valence-corrected chi connectivity index (χ2v) is 5.49. The van der Waals surface area contributed by atoms with Crippen LogP contribution in [0.15, 0.2) is 12.1 Å². The topological polar surface area (TPSA) is 24.9 Å². The number of pyridine rings is 1. The maximum Gasteiger partial charge on any atom is 0.195 e. The molecule has 2 nitrogen and oxygen atoms in total. The first-order valence-corrected chi connectivity index (χ1v) is 7.33. The minimum Gasteiger partial charge on any atom is -0.385 e. The van der Waals surface area contributed by atoms with Crippen LogP contribution in [0.25, 0.3) is 10.9 Å². The highest BCUT2D eigenvalue weighted by molar-refractivity contribution is 5.92. The lowest BCUT2D eigenvalue weighted by molar-refractivity contribution is 0.453. The van der Waals surface area contributed by atoms with E-state index in [1.165, 1.54) is 0 Å². The standard InChI is InChI=1S/C16H17F3N2/c1-2-20-12-8-11(9-5-3-4-6-9)21-13-7-10(17)15(18)16(19)14(12)13/h7-9H,2-6H2,1H3,(H,20,21). The van der Waals surface area contributed by atoms with Crippen LogP contribution in [0.2, 0.25) is 0 Å². The maximum atomic E-state index is 14.1.